The largest absolute Gasteiger partial charge is 0.349 e. The Bertz CT molecular complexity index is 568. The third-order valence-electron chi connectivity index (χ3n) is 4.09. The number of carbonyl (C=O) groups is 1. The van der Waals surface area contributed by atoms with E-state index in [9.17, 15) is 4.79 Å². The number of aromatic amines is 1. The van der Waals surface area contributed by atoms with Gasteiger partial charge in [0.15, 0.2) is 0 Å². The smallest absolute Gasteiger partial charge is 0.255 e. The van der Waals surface area contributed by atoms with Crippen molar-refractivity contribution in [1.29, 1.82) is 0 Å². The number of aromatic nitrogens is 2. The van der Waals surface area contributed by atoms with Gasteiger partial charge in [-0.15, -0.1) is 11.3 Å². The predicted octanol–water partition coefficient (Wildman–Crippen LogP) is 3.98. The second-order valence-electron chi connectivity index (χ2n) is 5.65. The van der Waals surface area contributed by atoms with Crippen molar-refractivity contribution in [3.8, 4) is 10.6 Å². The van der Waals surface area contributed by atoms with Crippen LogP contribution >= 0.6 is 11.3 Å². The highest BCUT2D eigenvalue weighted by molar-refractivity contribution is 7.13. The average Bonchev–Trinajstić information content (AvgIpc) is 3.10. The van der Waals surface area contributed by atoms with E-state index in [1.54, 1.807) is 17.5 Å². The molecule has 4 nitrogen and oxygen atoms in total. The fraction of sp³-hybridized carbons (Fsp3) is 0.500. The Hall–Kier alpha value is -1.62. The molecule has 0 saturated heterocycles. The average molecular weight is 303 g/mol. The second-order valence-corrected chi connectivity index (χ2v) is 6.60. The maximum absolute atomic E-state index is 12.5. The van der Waals surface area contributed by atoms with E-state index in [-0.39, 0.29) is 5.91 Å². The van der Waals surface area contributed by atoms with Crippen LogP contribution in [0, 0.1) is 0 Å². The van der Waals surface area contributed by atoms with Gasteiger partial charge in [-0.2, -0.15) is 5.10 Å². The Kier molecular flexibility index (Phi) is 4.70. The molecule has 2 aromatic rings. The standard InChI is InChI=1S/C16H21N3OS/c20-16(18-12-7-4-2-1-3-5-8-12)13-11-17-19-15(13)14-9-6-10-21-14/h6,9-12H,1-5,7-8H2,(H,17,19)(H,18,20). The highest BCUT2D eigenvalue weighted by Crippen LogP contribution is 2.26. The van der Waals surface area contributed by atoms with Gasteiger partial charge in [-0.05, 0) is 24.3 Å². The van der Waals surface area contributed by atoms with Crippen LogP contribution in [0.2, 0.25) is 0 Å². The molecule has 0 unspecified atom stereocenters. The Morgan fingerprint density at radius 2 is 2.00 bits per heavy atom. The molecule has 0 aromatic carbocycles. The lowest BCUT2D eigenvalue weighted by atomic mass is 9.96. The van der Waals surface area contributed by atoms with E-state index >= 15 is 0 Å². The first-order valence-corrected chi connectivity index (χ1v) is 8.60. The molecular weight excluding hydrogens is 282 g/mol. The summed E-state index contributed by atoms with van der Waals surface area (Å²) in [5.74, 6) is -0.00211. The number of rotatable bonds is 3. The van der Waals surface area contributed by atoms with Gasteiger partial charge in [-0.1, -0.05) is 38.2 Å². The number of thiophene rings is 1. The molecule has 2 N–H and O–H groups in total. The van der Waals surface area contributed by atoms with Crippen LogP contribution in [-0.4, -0.2) is 22.1 Å². The van der Waals surface area contributed by atoms with Crippen LogP contribution in [0.4, 0.5) is 0 Å². The van der Waals surface area contributed by atoms with Crippen molar-refractivity contribution in [3.63, 3.8) is 0 Å². The first-order valence-electron chi connectivity index (χ1n) is 7.72. The SMILES string of the molecule is O=C(NC1CCCCCCC1)c1cn[nH]c1-c1cccs1. The lowest BCUT2D eigenvalue weighted by Crippen LogP contribution is -2.35. The molecule has 112 valence electrons. The number of carbonyl (C=O) groups excluding carboxylic acids is 1. The maximum Gasteiger partial charge on any atom is 0.255 e. The predicted molar refractivity (Wildman–Crippen MR) is 85.5 cm³/mol. The van der Waals surface area contributed by atoms with Crippen LogP contribution in [0.1, 0.15) is 55.3 Å². The summed E-state index contributed by atoms with van der Waals surface area (Å²) in [6.07, 6.45) is 10.2. The summed E-state index contributed by atoms with van der Waals surface area (Å²) in [4.78, 5) is 13.6. The van der Waals surface area contributed by atoms with E-state index in [1.165, 1.54) is 32.1 Å². The molecule has 0 radical (unpaired) electrons. The van der Waals surface area contributed by atoms with Crippen molar-refractivity contribution in [1.82, 2.24) is 15.5 Å². The first kappa shape index (κ1) is 14.3. The summed E-state index contributed by atoms with van der Waals surface area (Å²) in [5.41, 5.74) is 1.48. The van der Waals surface area contributed by atoms with Gasteiger partial charge in [0.25, 0.3) is 5.91 Å². The normalized spacial score (nSPS) is 17.1. The van der Waals surface area contributed by atoms with Crippen LogP contribution in [0.5, 0.6) is 0 Å². The molecule has 2 aromatic heterocycles. The third-order valence-corrected chi connectivity index (χ3v) is 4.98. The lowest BCUT2D eigenvalue weighted by molar-refractivity contribution is 0.0931. The van der Waals surface area contributed by atoms with Crippen molar-refractivity contribution in [2.24, 2.45) is 0 Å². The van der Waals surface area contributed by atoms with Crippen molar-refractivity contribution in [2.75, 3.05) is 0 Å². The molecular formula is C16H21N3OS. The molecule has 2 heterocycles. The summed E-state index contributed by atoms with van der Waals surface area (Å²) in [5, 5.41) is 12.2. The van der Waals surface area contributed by atoms with Crippen molar-refractivity contribution >= 4 is 17.2 Å². The fourth-order valence-electron chi connectivity index (χ4n) is 2.93. The van der Waals surface area contributed by atoms with Crippen LogP contribution in [0.3, 0.4) is 0 Å². The van der Waals surface area contributed by atoms with Gasteiger partial charge in [0.1, 0.15) is 0 Å². The van der Waals surface area contributed by atoms with Gasteiger partial charge >= 0.3 is 0 Å². The molecule has 3 rings (SSSR count). The molecule has 1 fully saturated rings. The molecule has 1 saturated carbocycles. The zero-order chi connectivity index (χ0) is 14.5. The quantitative estimate of drug-likeness (QED) is 0.901. The zero-order valence-corrected chi connectivity index (χ0v) is 12.9. The minimum Gasteiger partial charge on any atom is -0.349 e. The minimum absolute atomic E-state index is 0.00211. The van der Waals surface area contributed by atoms with Crippen LogP contribution in [0.15, 0.2) is 23.7 Å². The van der Waals surface area contributed by atoms with E-state index in [2.05, 4.69) is 15.5 Å². The maximum atomic E-state index is 12.5. The van der Waals surface area contributed by atoms with E-state index in [1.807, 2.05) is 17.5 Å². The third kappa shape index (κ3) is 3.53. The highest BCUT2D eigenvalue weighted by Gasteiger charge is 2.19. The fourth-order valence-corrected chi connectivity index (χ4v) is 3.66. The summed E-state index contributed by atoms with van der Waals surface area (Å²) in [6.45, 7) is 0. The second kappa shape index (κ2) is 6.89. The van der Waals surface area contributed by atoms with E-state index in [4.69, 9.17) is 0 Å². The molecule has 21 heavy (non-hydrogen) atoms. The Morgan fingerprint density at radius 3 is 2.71 bits per heavy atom. The number of amides is 1. The van der Waals surface area contributed by atoms with Crippen LogP contribution in [-0.2, 0) is 0 Å². The number of hydrogen-bond acceptors (Lipinski definition) is 3. The Balaban J connectivity index is 1.69. The monoisotopic (exact) mass is 303 g/mol. The molecule has 0 bridgehead atoms. The summed E-state index contributed by atoms with van der Waals surface area (Å²) >= 11 is 1.61. The summed E-state index contributed by atoms with van der Waals surface area (Å²) < 4.78 is 0. The zero-order valence-electron chi connectivity index (χ0n) is 12.1. The topological polar surface area (TPSA) is 57.8 Å². The number of nitrogens with zero attached hydrogens (tertiary/aromatic N) is 1. The van der Waals surface area contributed by atoms with Gasteiger partial charge in [0.05, 0.1) is 22.3 Å². The number of H-pyrrole nitrogens is 1. The Labute approximate surface area is 129 Å². The molecule has 1 amide bonds. The van der Waals surface area contributed by atoms with Gasteiger partial charge in [-0.3, -0.25) is 9.89 Å². The molecule has 0 spiro atoms. The molecule has 1 aliphatic carbocycles. The van der Waals surface area contributed by atoms with Gasteiger partial charge in [0.2, 0.25) is 0 Å². The minimum atomic E-state index is -0.00211. The van der Waals surface area contributed by atoms with Crippen molar-refractivity contribution in [3.05, 3.63) is 29.3 Å². The van der Waals surface area contributed by atoms with Gasteiger partial charge in [-0.25, -0.2) is 0 Å². The first-order chi connectivity index (χ1) is 10.3. The van der Waals surface area contributed by atoms with Crippen LogP contribution < -0.4 is 5.32 Å². The molecule has 5 heteroatoms. The van der Waals surface area contributed by atoms with Gasteiger partial charge in [0, 0.05) is 6.04 Å². The van der Waals surface area contributed by atoms with Crippen LogP contribution in [0.25, 0.3) is 10.6 Å². The number of hydrogen-bond donors (Lipinski definition) is 2. The summed E-state index contributed by atoms with van der Waals surface area (Å²) in [6, 6.07) is 4.30. The lowest BCUT2D eigenvalue weighted by Gasteiger charge is -2.20. The van der Waals surface area contributed by atoms with E-state index < -0.39 is 0 Å². The van der Waals surface area contributed by atoms with Crippen molar-refractivity contribution in [2.45, 2.75) is 51.0 Å². The van der Waals surface area contributed by atoms with Gasteiger partial charge < -0.3 is 5.32 Å². The van der Waals surface area contributed by atoms with Crippen molar-refractivity contribution < 1.29 is 4.79 Å². The van der Waals surface area contributed by atoms with E-state index in [0.29, 0.717) is 11.6 Å². The molecule has 0 atom stereocenters. The number of nitrogens with one attached hydrogen (secondary N) is 2. The van der Waals surface area contributed by atoms with E-state index in [0.717, 1.165) is 23.4 Å². The molecule has 1 aliphatic rings. The summed E-state index contributed by atoms with van der Waals surface area (Å²) in [7, 11) is 0. The Morgan fingerprint density at radius 1 is 1.24 bits per heavy atom. The molecule has 0 aliphatic heterocycles. The highest BCUT2D eigenvalue weighted by atomic mass is 32.1.